The Balaban J connectivity index is 2.41. The Morgan fingerprint density at radius 1 is 1.29 bits per heavy atom. The van der Waals surface area contributed by atoms with E-state index in [1.165, 1.54) is 9.75 Å². The van der Waals surface area contributed by atoms with Crippen LogP contribution in [0.25, 0.3) is 10.6 Å². The van der Waals surface area contributed by atoms with Crippen molar-refractivity contribution in [2.75, 3.05) is 12.4 Å². The topological polar surface area (TPSA) is 37.8 Å². The number of hydrogen-bond acceptors (Lipinski definition) is 4. The molecule has 2 aromatic rings. The number of aromatic nitrogens is 2. The number of thiophene rings is 1. The summed E-state index contributed by atoms with van der Waals surface area (Å²) in [5.41, 5.74) is 0.974. The van der Waals surface area contributed by atoms with Crippen molar-refractivity contribution < 1.29 is 0 Å². The second-order valence-electron chi connectivity index (χ2n) is 2.93. The molecule has 0 unspecified atom stereocenters. The van der Waals surface area contributed by atoms with Gasteiger partial charge in [-0.25, -0.2) is 9.97 Å². The van der Waals surface area contributed by atoms with E-state index in [1.54, 1.807) is 17.5 Å². The van der Waals surface area contributed by atoms with E-state index in [0.717, 1.165) is 5.69 Å². The van der Waals surface area contributed by atoms with E-state index in [9.17, 15) is 0 Å². The molecule has 0 aliphatic rings. The molecular formula is C10H11N3S. The molecule has 0 bridgehead atoms. The fourth-order valence-corrected chi connectivity index (χ4v) is 2.03. The Kier molecular flexibility index (Phi) is 2.45. The average Bonchev–Trinajstić information content (AvgIpc) is 2.65. The molecule has 0 amide bonds. The highest BCUT2D eigenvalue weighted by atomic mass is 32.1. The van der Waals surface area contributed by atoms with E-state index in [4.69, 9.17) is 0 Å². The third-order valence-corrected chi connectivity index (χ3v) is 2.90. The van der Waals surface area contributed by atoms with Crippen LogP contribution in [0.3, 0.4) is 0 Å². The first-order chi connectivity index (χ1) is 6.79. The average molecular weight is 205 g/mol. The number of nitrogens with zero attached hydrogens (tertiary/aromatic N) is 2. The fourth-order valence-electron chi connectivity index (χ4n) is 1.19. The number of rotatable bonds is 2. The lowest BCUT2D eigenvalue weighted by atomic mass is 10.3. The summed E-state index contributed by atoms with van der Waals surface area (Å²) in [7, 11) is 1.82. The standard InChI is InChI=1S/C10H11N3S/c1-7-3-4-9(14-7)8-5-6-12-10(11-2)13-8/h3-6H,1-2H3,(H,11,12,13). The molecule has 0 saturated heterocycles. The highest BCUT2D eigenvalue weighted by molar-refractivity contribution is 7.15. The molecule has 2 aromatic heterocycles. The van der Waals surface area contributed by atoms with Gasteiger partial charge in [-0.05, 0) is 25.1 Å². The zero-order valence-corrected chi connectivity index (χ0v) is 8.93. The molecule has 0 atom stereocenters. The quantitative estimate of drug-likeness (QED) is 0.818. The Morgan fingerprint density at radius 3 is 2.79 bits per heavy atom. The molecule has 0 saturated carbocycles. The van der Waals surface area contributed by atoms with E-state index in [2.05, 4.69) is 34.3 Å². The van der Waals surface area contributed by atoms with Gasteiger partial charge in [-0.15, -0.1) is 11.3 Å². The van der Waals surface area contributed by atoms with Crippen molar-refractivity contribution >= 4 is 17.3 Å². The van der Waals surface area contributed by atoms with Crippen molar-refractivity contribution in [2.45, 2.75) is 6.92 Å². The van der Waals surface area contributed by atoms with Gasteiger partial charge < -0.3 is 5.32 Å². The Morgan fingerprint density at radius 2 is 2.14 bits per heavy atom. The maximum absolute atomic E-state index is 4.36. The first-order valence-corrected chi connectivity index (χ1v) is 5.19. The molecule has 0 radical (unpaired) electrons. The van der Waals surface area contributed by atoms with Crippen LogP contribution in [0.15, 0.2) is 24.4 Å². The molecule has 2 rings (SSSR count). The summed E-state index contributed by atoms with van der Waals surface area (Å²) in [6.07, 6.45) is 1.77. The van der Waals surface area contributed by atoms with Crippen molar-refractivity contribution in [3.63, 3.8) is 0 Å². The summed E-state index contributed by atoms with van der Waals surface area (Å²) in [4.78, 5) is 10.9. The summed E-state index contributed by atoms with van der Waals surface area (Å²) in [6, 6.07) is 6.11. The lowest BCUT2D eigenvalue weighted by Crippen LogP contribution is -1.95. The molecule has 3 nitrogen and oxygen atoms in total. The zero-order chi connectivity index (χ0) is 9.97. The molecule has 4 heteroatoms. The number of hydrogen-bond donors (Lipinski definition) is 1. The molecule has 0 spiro atoms. The van der Waals surface area contributed by atoms with Gasteiger partial charge in [0.2, 0.25) is 5.95 Å². The van der Waals surface area contributed by atoms with Crippen LogP contribution in [0.2, 0.25) is 0 Å². The number of nitrogens with one attached hydrogen (secondary N) is 1. The maximum Gasteiger partial charge on any atom is 0.222 e. The van der Waals surface area contributed by atoms with Crippen LogP contribution in [-0.2, 0) is 0 Å². The van der Waals surface area contributed by atoms with Crippen LogP contribution < -0.4 is 5.32 Å². The second-order valence-corrected chi connectivity index (χ2v) is 4.21. The van der Waals surface area contributed by atoms with Gasteiger partial charge in [0.1, 0.15) is 0 Å². The summed E-state index contributed by atoms with van der Waals surface area (Å²) in [6.45, 7) is 2.09. The van der Waals surface area contributed by atoms with Crippen LogP contribution in [0, 0.1) is 6.92 Å². The van der Waals surface area contributed by atoms with Crippen molar-refractivity contribution in [2.24, 2.45) is 0 Å². The van der Waals surface area contributed by atoms with Crippen LogP contribution in [0.4, 0.5) is 5.95 Å². The largest absolute Gasteiger partial charge is 0.357 e. The highest BCUT2D eigenvalue weighted by Gasteiger charge is 2.02. The van der Waals surface area contributed by atoms with Gasteiger partial charge in [0.05, 0.1) is 10.6 Å². The van der Waals surface area contributed by atoms with E-state index in [0.29, 0.717) is 5.95 Å². The van der Waals surface area contributed by atoms with E-state index in [-0.39, 0.29) is 0 Å². The lowest BCUT2D eigenvalue weighted by Gasteiger charge is -1.99. The van der Waals surface area contributed by atoms with Crippen molar-refractivity contribution in [3.8, 4) is 10.6 Å². The van der Waals surface area contributed by atoms with Crippen molar-refractivity contribution in [1.29, 1.82) is 0 Å². The van der Waals surface area contributed by atoms with Gasteiger partial charge >= 0.3 is 0 Å². The SMILES string of the molecule is CNc1nccc(-c2ccc(C)s2)n1. The summed E-state index contributed by atoms with van der Waals surface area (Å²) >= 11 is 1.74. The minimum absolute atomic E-state index is 0.661. The fraction of sp³-hybridized carbons (Fsp3) is 0.200. The molecule has 1 N–H and O–H groups in total. The minimum atomic E-state index is 0.661. The minimum Gasteiger partial charge on any atom is -0.357 e. The molecule has 14 heavy (non-hydrogen) atoms. The van der Waals surface area contributed by atoms with Crippen LogP contribution in [0.5, 0.6) is 0 Å². The predicted molar refractivity (Wildman–Crippen MR) is 59.6 cm³/mol. The highest BCUT2D eigenvalue weighted by Crippen LogP contribution is 2.25. The normalized spacial score (nSPS) is 10.1. The molecule has 0 aliphatic heterocycles. The zero-order valence-electron chi connectivity index (χ0n) is 8.11. The smallest absolute Gasteiger partial charge is 0.222 e. The van der Waals surface area contributed by atoms with Crippen LogP contribution in [0.1, 0.15) is 4.88 Å². The van der Waals surface area contributed by atoms with Crippen LogP contribution >= 0.6 is 11.3 Å². The lowest BCUT2D eigenvalue weighted by molar-refractivity contribution is 1.16. The second kappa shape index (κ2) is 3.75. The number of aryl methyl sites for hydroxylation is 1. The van der Waals surface area contributed by atoms with Gasteiger partial charge in [0, 0.05) is 18.1 Å². The maximum atomic E-state index is 4.36. The van der Waals surface area contributed by atoms with Crippen molar-refractivity contribution in [1.82, 2.24) is 9.97 Å². The van der Waals surface area contributed by atoms with E-state index in [1.807, 2.05) is 13.1 Å². The predicted octanol–water partition coefficient (Wildman–Crippen LogP) is 2.56. The third-order valence-electron chi connectivity index (χ3n) is 1.87. The molecule has 72 valence electrons. The third kappa shape index (κ3) is 1.75. The first-order valence-electron chi connectivity index (χ1n) is 4.37. The van der Waals surface area contributed by atoms with Crippen molar-refractivity contribution in [3.05, 3.63) is 29.3 Å². The van der Waals surface area contributed by atoms with Gasteiger partial charge in [-0.2, -0.15) is 0 Å². The monoisotopic (exact) mass is 205 g/mol. The van der Waals surface area contributed by atoms with E-state index >= 15 is 0 Å². The summed E-state index contributed by atoms with van der Waals surface area (Å²) in [5, 5.41) is 2.93. The van der Waals surface area contributed by atoms with Gasteiger partial charge in [-0.1, -0.05) is 0 Å². The molecule has 0 aliphatic carbocycles. The Hall–Kier alpha value is -1.42. The summed E-state index contributed by atoms with van der Waals surface area (Å²) in [5.74, 6) is 0.661. The van der Waals surface area contributed by atoms with E-state index < -0.39 is 0 Å². The van der Waals surface area contributed by atoms with Crippen LogP contribution in [-0.4, -0.2) is 17.0 Å². The summed E-state index contributed by atoms with van der Waals surface area (Å²) < 4.78 is 0. The molecule has 2 heterocycles. The van der Waals surface area contributed by atoms with Gasteiger partial charge in [-0.3, -0.25) is 0 Å². The molecule has 0 fully saturated rings. The number of anilines is 1. The molecular weight excluding hydrogens is 194 g/mol. The Bertz CT molecular complexity index is 436. The first kappa shape index (κ1) is 9.15. The van der Waals surface area contributed by atoms with Gasteiger partial charge in [0.15, 0.2) is 0 Å². The molecule has 0 aromatic carbocycles. The van der Waals surface area contributed by atoms with Gasteiger partial charge in [0.25, 0.3) is 0 Å². The Labute approximate surface area is 86.8 Å².